The van der Waals surface area contributed by atoms with Crippen LogP contribution in [0.15, 0.2) is 60.0 Å². The summed E-state index contributed by atoms with van der Waals surface area (Å²) in [6.45, 7) is 21.3. The van der Waals surface area contributed by atoms with E-state index in [0.29, 0.717) is 6.61 Å². The minimum absolute atomic E-state index is 0.0658. The van der Waals surface area contributed by atoms with Crippen LogP contribution in [0.3, 0.4) is 0 Å². The lowest BCUT2D eigenvalue weighted by Gasteiger charge is -2.51. The van der Waals surface area contributed by atoms with Gasteiger partial charge in [-0.25, -0.2) is 4.98 Å². The molecule has 3 aliphatic heterocycles. The van der Waals surface area contributed by atoms with Crippen LogP contribution in [0.2, 0.25) is 0 Å². The maximum absolute atomic E-state index is 10.1. The molecule has 1 atom stereocenters. The molecule has 3 aliphatic rings. The standard InChI is InChI=1S/C28H32N2O2/c1-8-19-20-12-18(31)10-11-24(20)29-26-21(19)14-30-16(3)22-15-32-17(4)28(9-2,27(5,6)7)23(22)13-25(26)30/h10-13,31H,3-4,8-9,14-15H2,1-2,5-7H3. The second kappa shape index (κ2) is 6.74. The van der Waals surface area contributed by atoms with Crippen LogP contribution in [-0.4, -0.2) is 21.6 Å². The van der Waals surface area contributed by atoms with Crippen LogP contribution in [0.25, 0.3) is 16.6 Å². The van der Waals surface area contributed by atoms with Gasteiger partial charge in [0.1, 0.15) is 18.1 Å². The molecule has 1 unspecified atom stereocenters. The summed E-state index contributed by atoms with van der Waals surface area (Å²) in [4.78, 5) is 7.36. The summed E-state index contributed by atoms with van der Waals surface area (Å²) in [5, 5.41) is 11.1. The summed E-state index contributed by atoms with van der Waals surface area (Å²) in [7, 11) is 0. The molecule has 0 amide bonds. The van der Waals surface area contributed by atoms with Gasteiger partial charge in [-0.1, -0.05) is 47.8 Å². The van der Waals surface area contributed by atoms with E-state index >= 15 is 0 Å². The normalized spacial score (nSPS) is 22.5. The van der Waals surface area contributed by atoms with Crippen LogP contribution in [0.1, 0.15) is 57.9 Å². The molecule has 4 heterocycles. The number of rotatable bonds is 2. The number of aromatic hydroxyl groups is 1. The van der Waals surface area contributed by atoms with Crippen molar-refractivity contribution in [1.82, 2.24) is 9.88 Å². The van der Waals surface area contributed by atoms with Gasteiger partial charge >= 0.3 is 0 Å². The fourth-order valence-electron chi connectivity index (χ4n) is 6.16. The van der Waals surface area contributed by atoms with Crippen molar-refractivity contribution in [2.45, 2.75) is 54.0 Å². The highest BCUT2D eigenvalue weighted by molar-refractivity contribution is 5.90. The molecule has 0 fully saturated rings. The number of hydrogen-bond donors (Lipinski definition) is 1. The third-order valence-corrected chi connectivity index (χ3v) is 7.81. The molecule has 4 nitrogen and oxygen atoms in total. The number of nitrogens with zero attached hydrogens (tertiary/aromatic N) is 2. The molecule has 2 aromatic rings. The van der Waals surface area contributed by atoms with E-state index in [0.717, 1.165) is 53.1 Å². The Morgan fingerprint density at radius 3 is 2.62 bits per heavy atom. The zero-order valence-corrected chi connectivity index (χ0v) is 19.8. The quantitative estimate of drug-likeness (QED) is 0.595. The lowest BCUT2D eigenvalue weighted by atomic mass is 9.57. The van der Waals surface area contributed by atoms with Crippen molar-refractivity contribution in [1.29, 1.82) is 0 Å². The summed E-state index contributed by atoms with van der Waals surface area (Å²) >= 11 is 0. The molecule has 0 saturated heterocycles. The van der Waals surface area contributed by atoms with Crippen LogP contribution < -0.4 is 0 Å². The first-order valence-corrected chi connectivity index (χ1v) is 11.5. The van der Waals surface area contributed by atoms with Crippen molar-refractivity contribution in [3.63, 3.8) is 0 Å². The van der Waals surface area contributed by atoms with E-state index in [4.69, 9.17) is 9.72 Å². The van der Waals surface area contributed by atoms with Gasteiger partial charge in [-0.15, -0.1) is 0 Å². The molecule has 0 spiro atoms. The van der Waals surface area contributed by atoms with E-state index in [2.05, 4.69) is 58.8 Å². The number of benzene rings is 1. The van der Waals surface area contributed by atoms with Gasteiger partial charge in [0.2, 0.25) is 0 Å². The minimum Gasteiger partial charge on any atom is -0.508 e. The van der Waals surface area contributed by atoms with Crippen molar-refractivity contribution in [2.24, 2.45) is 10.8 Å². The first-order chi connectivity index (χ1) is 15.1. The van der Waals surface area contributed by atoms with Crippen molar-refractivity contribution in [3.8, 4) is 5.75 Å². The zero-order chi connectivity index (χ0) is 23.0. The van der Waals surface area contributed by atoms with Gasteiger partial charge in [-0.2, -0.15) is 0 Å². The fraction of sp³-hybridized carbons (Fsp3) is 0.393. The van der Waals surface area contributed by atoms with Crippen molar-refractivity contribution < 1.29 is 9.84 Å². The van der Waals surface area contributed by atoms with Crippen LogP contribution in [0, 0.1) is 10.8 Å². The van der Waals surface area contributed by atoms with Crippen LogP contribution >= 0.6 is 0 Å². The summed E-state index contributed by atoms with van der Waals surface area (Å²) < 4.78 is 6.19. The van der Waals surface area contributed by atoms with Crippen molar-refractivity contribution in [2.75, 3.05) is 6.61 Å². The Balaban J connectivity index is 1.79. The Kier molecular flexibility index (Phi) is 4.40. The second-order valence-electron chi connectivity index (χ2n) is 10.1. The molecule has 0 aliphatic carbocycles. The number of phenolic OH excluding ortho intramolecular Hbond substituents is 1. The molecule has 0 radical (unpaired) electrons. The Morgan fingerprint density at radius 2 is 1.97 bits per heavy atom. The van der Waals surface area contributed by atoms with Crippen molar-refractivity contribution >= 4 is 16.6 Å². The largest absolute Gasteiger partial charge is 0.508 e. The number of fused-ring (bicyclic) bond motifs is 4. The van der Waals surface area contributed by atoms with E-state index in [1.54, 1.807) is 6.07 Å². The third kappa shape index (κ3) is 2.52. The molecule has 32 heavy (non-hydrogen) atoms. The smallest absolute Gasteiger partial charge is 0.116 e. The second-order valence-corrected chi connectivity index (χ2v) is 10.1. The molecule has 1 N–H and O–H groups in total. The highest BCUT2D eigenvalue weighted by Gasteiger charge is 2.52. The summed E-state index contributed by atoms with van der Waals surface area (Å²) in [5.41, 5.74) is 8.64. The lowest BCUT2D eigenvalue weighted by Crippen LogP contribution is -2.44. The monoisotopic (exact) mass is 428 g/mol. The van der Waals surface area contributed by atoms with Gasteiger partial charge in [0.05, 0.1) is 28.9 Å². The number of pyridine rings is 1. The summed E-state index contributed by atoms with van der Waals surface area (Å²) in [6, 6.07) is 5.47. The Morgan fingerprint density at radius 1 is 1.22 bits per heavy atom. The summed E-state index contributed by atoms with van der Waals surface area (Å²) in [6.07, 6.45) is 4.12. The first kappa shape index (κ1) is 20.9. The number of aromatic nitrogens is 1. The first-order valence-electron chi connectivity index (χ1n) is 11.5. The van der Waals surface area contributed by atoms with Crippen LogP contribution in [-0.2, 0) is 17.7 Å². The molecule has 166 valence electrons. The van der Waals surface area contributed by atoms with Gasteiger partial charge < -0.3 is 14.7 Å². The summed E-state index contributed by atoms with van der Waals surface area (Å²) in [5.74, 6) is 1.12. The van der Waals surface area contributed by atoms with Gasteiger partial charge in [-0.3, -0.25) is 0 Å². The van der Waals surface area contributed by atoms with Gasteiger partial charge in [-0.05, 0) is 53.7 Å². The number of allylic oxidation sites excluding steroid dienone is 2. The van der Waals surface area contributed by atoms with E-state index in [1.165, 1.54) is 22.3 Å². The topological polar surface area (TPSA) is 45.6 Å². The maximum Gasteiger partial charge on any atom is 0.116 e. The third-order valence-electron chi connectivity index (χ3n) is 7.81. The van der Waals surface area contributed by atoms with E-state index < -0.39 is 0 Å². The number of ether oxygens (including phenoxy) is 1. The van der Waals surface area contributed by atoms with Gasteiger partial charge in [0.15, 0.2) is 0 Å². The molecule has 0 bridgehead atoms. The van der Waals surface area contributed by atoms with E-state index in [9.17, 15) is 5.11 Å². The average molecular weight is 429 g/mol. The highest BCUT2D eigenvalue weighted by Crippen LogP contribution is 2.59. The van der Waals surface area contributed by atoms with Gasteiger partial charge in [0.25, 0.3) is 0 Å². The molecular weight excluding hydrogens is 396 g/mol. The molecule has 4 heteroatoms. The Bertz CT molecular complexity index is 1260. The SMILES string of the molecule is C=C1C2=C(C=C3c4nc5ccc(O)cc5c(CC)c4CN13)C(CC)(C(C)(C)C)C(=C)OC2. The van der Waals surface area contributed by atoms with Crippen molar-refractivity contribution in [3.05, 3.63) is 76.9 Å². The molecule has 0 saturated carbocycles. The predicted octanol–water partition coefficient (Wildman–Crippen LogP) is 6.47. The number of phenols is 1. The fourth-order valence-corrected chi connectivity index (χ4v) is 6.16. The van der Waals surface area contributed by atoms with E-state index in [-0.39, 0.29) is 16.6 Å². The van der Waals surface area contributed by atoms with Gasteiger partial charge in [0, 0.05) is 22.2 Å². The Hall–Kier alpha value is -3.01. The number of hydrogen-bond acceptors (Lipinski definition) is 4. The highest BCUT2D eigenvalue weighted by atomic mass is 16.5. The number of aryl methyl sites for hydroxylation is 1. The molecule has 1 aromatic carbocycles. The van der Waals surface area contributed by atoms with Crippen LogP contribution in [0.5, 0.6) is 5.75 Å². The molecule has 1 aromatic heterocycles. The molecule has 5 rings (SSSR count). The zero-order valence-electron chi connectivity index (χ0n) is 19.8. The molecular formula is C28H32N2O2. The van der Waals surface area contributed by atoms with Crippen LogP contribution in [0.4, 0.5) is 0 Å². The average Bonchev–Trinajstić information content (AvgIpc) is 3.10. The lowest BCUT2D eigenvalue weighted by molar-refractivity contribution is 0.0579. The van der Waals surface area contributed by atoms with E-state index in [1.807, 2.05) is 12.1 Å². The maximum atomic E-state index is 10.1. The predicted molar refractivity (Wildman–Crippen MR) is 130 cm³/mol. The Labute approximate surface area is 190 Å². The minimum atomic E-state index is -0.290.